The molecule has 0 radical (unpaired) electrons. The molecule has 1 atom stereocenters. The third-order valence-electron chi connectivity index (χ3n) is 3.49. The van der Waals surface area contributed by atoms with E-state index in [0.29, 0.717) is 25.0 Å². The highest BCUT2D eigenvalue weighted by Gasteiger charge is 2.36. The third kappa shape index (κ3) is 1.92. The summed E-state index contributed by atoms with van der Waals surface area (Å²) >= 11 is 6.04. The molecule has 0 aromatic carbocycles. The predicted octanol–water partition coefficient (Wildman–Crippen LogP) is 1.68. The Morgan fingerprint density at radius 1 is 1.40 bits per heavy atom. The quantitative estimate of drug-likeness (QED) is 0.914. The first-order valence-electron chi connectivity index (χ1n) is 6.26. The van der Waals surface area contributed by atoms with Gasteiger partial charge >= 0.3 is 5.97 Å². The van der Waals surface area contributed by atoms with E-state index < -0.39 is 17.9 Å². The molecule has 6 nitrogen and oxygen atoms in total. The molecule has 0 saturated carbocycles. The molecule has 2 aromatic heterocycles. The smallest absolute Gasteiger partial charge is 0.326 e. The van der Waals surface area contributed by atoms with Crippen LogP contribution in [0.1, 0.15) is 23.3 Å². The fourth-order valence-electron chi connectivity index (χ4n) is 2.56. The summed E-state index contributed by atoms with van der Waals surface area (Å²) in [6.45, 7) is 0.423. The largest absolute Gasteiger partial charge is 0.480 e. The molecule has 20 heavy (non-hydrogen) atoms. The van der Waals surface area contributed by atoms with Crippen molar-refractivity contribution in [3.63, 3.8) is 0 Å². The number of carboxylic acids is 1. The van der Waals surface area contributed by atoms with Gasteiger partial charge in [0.2, 0.25) is 0 Å². The maximum atomic E-state index is 12.6. The van der Waals surface area contributed by atoms with Gasteiger partial charge in [-0.25, -0.2) is 9.78 Å². The highest BCUT2D eigenvalue weighted by atomic mass is 35.5. The van der Waals surface area contributed by atoms with Gasteiger partial charge in [0, 0.05) is 12.7 Å². The molecule has 2 aromatic rings. The molecule has 7 heteroatoms. The minimum atomic E-state index is -0.985. The first kappa shape index (κ1) is 12.9. The van der Waals surface area contributed by atoms with E-state index in [9.17, 15) is 9.59 Å². The second kappa shape index (κ2) is 4.79. The summed E-state index contributed by atoms with van der Waals surface area (Å²) in [5.41, 5.74) is 0.780. The zero-order valence-electron chi connectivity index (χ0n) is 10.5. The van der Waals surface area contributed by atoms with Crippen molar-refractivity contribution in [3.05, 3.63) is 35.2 Å². The summed E-state index contributed by atoms with van der Waals surface area (Å²) < 4.78 is 1.59. The number of pyridine rings is 1. The van der Waals surface area contributed by atoms with Crippen LogP contribution in [0.15, 0.2) is 24.4 Å². The summed E-state index contributed by atoms with van der Waals surface area (Å²) in [4.78, 5) is 29.2. The van der Waals surface area contributed by atoms with Gasteiger partial charge in [-0.15, -0.1) is 0 Å². The highest BCUT2D eigenvalue weighted by Crippen LogP contribution is 2.24. The van der Waals surface area contributed by atoms with E-state index in [1.54, 1.807) is 28.8 Å². The molecule has 1 N–H and O–H groups in total. The average Bonchev–Trinajstić information content (AvgIpc) is 3.01. The second-order valence-corrected chi connectivity index (χ2v) is 5.03. The average molecular weight is 294 g/mol. The molecule has 1 amide bonds. The fraction of sp³-hybridized carbons (Fsp3) is 0.308. The van der Waals surface area contributed by atoms with Crippen molar-refractivity contribution in [3.8, 4) is 0 Å². The molecule has 1 aliphatic heterocycles. The number of carbonyl (C=O) groups is 2. The van der Waals surface area contributed by atoms with Gasteiger partial charge < -0.3 is 10.0 Å². The standard InChI is InChI=1S/C13H12ClN3O3/c14-11-10(17-6-2-1-5-9(17)15-11)12(18)16-7-3-4-8(16)13(19)20/h1-2,5-6,8H,3-4,7H2,(H,19,20)/t8-/m1/s1. The van der Waals surface area contributed by atoms with E-state index >= 15 is 0 Å². The van der Waals surface area contributed by atoms with Crippen molar-refractivity contribution in [1.82, 2.24) is 14.3 Å². The molecule has 0 bridgehead atoms. The van der Waals surface area contributed by atoms with Gasteiger partial charge in [-0.1, -0.05) is 17.7 Å². The van der Waals surface area contributed by atoms with E-state index in [-0.39, 0.29) is 10.8 Å². The Balaban J connectivity index is 2.04. The normalized spacial score (nSPS) is 18.6. The lowest BCUT2D eigenvalue weighted by molar-refractivity contribution is -0.141. The van der Waals surface area contributed by atoms with Crippen molar-refractivity contribution in [2.45, 2.75) is 18.9 Å². The summed E-state index contributed by atoms with van der Waals surface area (Å²) in [7, 11) is 0. The number of hydrogen-bond acceptors (Lipinski definition) is 3. The van der Waals surface area contributed by atoms with Gasteiger partial charge in [0.1, 0.15) is 11.7 Å². The number of likely N-dealkylation sites (tertiary alicyclic amines) is 1. The summed E-state index contributed by atoms with van der Waals surface area (Å²) in [5.74, 6) is -1.38. The number of aromatic nitrogens is 2. The first-order chi connectivity index (χ1) is 9.59. The summed E-state index contributed by atoms with van der Waals surface area (Å²) in [5, 5.41) is 9.26. The Bertz CT molecular complexity index is 697. The van der Waals surface area contributed by atoms with Gasteiger partial charge in [-0.05, 0) is 25.0 Å². The number of halogens is 1. The third-order valence-corrected chi connectivity index (χ3v) is 3.75. The van der Waals surface area contributed by atoms with Crippen LogP contribution >= 0.6 is 11.6 Å². The number of imidazole rings is 1. The van der Waals surface area contributed by atoms with Crippen molar-refractivity contribution < 1.29 is 14.7 Å². The lowest BCUT2D eigenvalue weighted by Gasteiger charge is -2.21. The molecule has 0 unspecified atom stereocenters. The van der Waals surface area contributed by atoms with E-state index in [2.05, 4.69) is 4.98 Å². The topological polar surface area (TPSA) is 74.9 Å². The van der Waals surface area contributed by atoms with Crippen LogP contribution in [0.5, 0.6) is 0 Å². The van der Waals surface area contributed by atoms with Gasteiger partial charge in [-0.3, -0.25) is 9.20 Å². The Kier molecular flexibility index (Phi) is 3.10. The van der Waals surface area contributed by atoms with Crippen LogP contribution in [0.4, 0.5) is 0 Å². The number of rotatable bonds is 2. The molecular formula is C13H12ClN3O3. The molecule has 104 valence electrons. The second-order valence-electron chi connectivity index (χ2n) is 4.67. The number of hydrogen-bond donors (Lipinski definition) is 1. The maximum Gasteiger partial charge on any atom is 0.326 e. The van der Waals surface area contributed by atoms with Gasteiger partial charge in [0.15, 0.2) is 10.8 Å². The Morgan fingerprint density at radius 2 is 2.20 bits per heavy atom. The van der Waals surface area contributed by atoms with E-state index in [4.69, 9.17) is 16.7 Å². The van der Waals surface area contributed by atoms with Crippen LogP contribution in [0.25, 0.3) is 5.65 Å². The molecule has 1 fully saturated rings. The van der Waals surface area contributed by atoms with Crippen molar-refractivity contribution in [1.29, 1.82) is 0 Å². The number of fused-ring (bicyclic) bond motifs is 1. The fourth-order valence-corrected chi connectivity index (χ4v) is 2.82. The van der Waals surface area contributed by atoms with Gasteiger partial charge in [0.25, 0.3) is 5.91 Å². The van der Waals surface area contributed by atoms with E-state index in [1.165, 1.54) is 4.90 Å². The zero-order chi connectivity index (χ0) is 14.3. The van der Waals surface area contributed by atoms with Gasteiger partial charge in [-0.2, -0.15) is 0 Å². The van der Waals surface area contributed by atoms with Crippen LogP contribution in [-0.4, -0.2) is 43.9 Å². The SMILES string of the molecule is O=C(O)[C@H]1CCCN1C(=O)c1c(Cl)nc2ccccn12. The lowest BCUT2D eigenvalue weighted by Crippen LogP contribution is -2.41. The van der Waals surface area contributed by atoms with Crippen LogP contribution in [0.3, 0.4) is 0 Å². The molecule has 0 aliphatic carbocycles. The summed E-state index contributed by atoms with van der Waals surface area (Å²) in [6.07, 6.45) is 2.83. The number of nitrogens with zero attached hydrogens (tertiary/aromatic N) is 3. The van der Waals surface area contributed by atoms with Crippen LogP contribution in [0.2, 0.25) is 5.15 Å². The molecule has 0 spiro atoms. The minimum Gasteiger partial charge on any atom is -0.480 e. The number of aliphatic carboxylic acids is 1. The zero-order valence-corrected chi connectivity index (χ0v) is 11.2. The number of carbonyl (C=O) groups excluding carboxylic acids is 1. The number of amides is 1. The molecule has 3 heterocycles. The van der Waals surface area contributed by atoms with Crippen molar-refractivity contribution >= 4 is 29.1 Å². The molecule has 1 saturated heterocycles. The van der Waals surface area contributed by atoms with E-state index in [0.717, 1.165) is 0 Å². The van der Waals surface area contributed by atoms with Crippen LogP contribution in [0, 0.1) is 0 Å². The Labute approximate surface area is 119 Å². The minimum absolute atomic E-state index is 0.0947. The molecular weight excluding hydrogens is 282 g/mol. The first-order valence-corrected chi connectivity index (χ1v) is 6.64. The van der Waals surface area contributed by atoms with Crippen LogP contribution < -0.4 is 0 Å². The van der Waals surface area contributed by atoms with Crippen molar-refractivity contribution in [2.75, 3.05) is 6.54 Å². The lowest BCUT2D eigenvalue weighted by atomic mass is 10.2. The molecule has 3 rings (SSSR count). The van der Waals surface area contributed by atoms with E-state index in [1.807, 2.05) is 0 Å². The Morgan fingerprint density at radius 3 is 2.95 bits per heavy atom. The highest BCUT2D eigenvalue weighted by molar-refractivity contribution is 6.32. The molecule has 1 aliphatic rings. The number of carboxylic acid groups (broad SMARTS) is 1. The maximum absolute atomic E-state index is 12.6. The predicted molar refractivity (Wildman–Crippen MR) is 71.9 cm³/mol. The summed E-state index contributed by atoms with van der Waals surface area (Å²) in [6, 6.07) is 4.51. The van der Waals surface area contributed by atoms with Crippen LogP contribution in [-0.2, 0) is 4.79 Å². The monoisotopic (exact) mass is 293 g/mol. The Hall–Kier alpha value is -2.08. The van der Waals surface area contributed by atoms with Gasteiger partial charge in [0.05, 0.1) is 0 Å². The van der Waals surface area contributed by atoms with Crippen molar-refractivity contribution in [2.24, 2.45) is 0 Å².